The highest BCUT2D eigenvalue weighted by molar-refractivity contribution is 7.92. The lowest BCUT2D eigenvalue weighted by molar-refractivity contribution is -0.135. The number of aromatic nitrogens is 1. The average Bonchev–Trinajstić information content (AvgIpc) is 3.36. The molecule has 5 N–H and O–H groups in total. The molecule has 0 spiro atoms. The van der Waals surface area contributed by atoms with Gasteiger partial charge in [0.05, 0.1) is 11.0 Å². The third-order valence-corrected chi connectivity index (χ3v) is 8.16. The number of fused-ring (bicyclic) bond motifs is 1. The van der Waals surface area contributed by atoms with E-state index < -0.39 is 34.5 Å². The average molecular weight is 579 g/mol. The van der Waals surface area contributed by atoms with Crippen LogP contribution in [0.5, 0.6) is 0 Å². The van der Waals surface area contributed by atoms with Gasteiger partial charge in [0.15, 0.2) is 0 Å². The summed E-state index contributed by atoms with van der Waals surface area (Å²) in [5.41, 5.74) is 1.96. The quantitative estimate of drug-likeness (QED) is 0.162. The number of sulfonamides is 1. The van der Waals surface area contributed by atoms with E-state index in [2.05, 4.69) is 19.9 Å². The second kappa shape index (κ2) is 12.5. The molecule has 0 bridgehead atoms. The van der Waals surface area contributed by atoms with Crippen molar-refractivity contribution in [3.63, 3.8) is 0 Å². The van der Waals surface area contributed by atoms with Crippen molar-refractivity contribution in [1.29, 1.82) is 0 Å². The van der Waals surface area contributed by atoms with E-state index in [9.17, 15) is 23.1 Å². The molecule has 0 fully saturated rings. The van der Waals surface area contributed by atoms with E-state index in [0.717, 1.165) is 17.3 Å². The Balaban J connectivity index is 1.33. The van der Waals surface area contributed by atoms with E-state index in [1.807, 2.05) is 32.2 Å². The van der Waals surface area contributed by atoms with Crippen molar-refractivity contribution < 1.29 is 28.2 Å². The number of aliphatic hydroxyl groups is 1. The van der Waals surface area contributed by atoms with Crippen LogP contribution in [0.2, 0.25) is 0 Å². The number of carboxylic acids is 1. The van der Waals surface area contributed by atoms with Crippen LogP contribution in [-0.2, 0) is 21.4 Å². The number of anilines is 1. The van der Waals surface area contributed by atoms with Crippen molar-refractivity contribution in [1.82, 2.24) is 15.2 Å². The summed E-state index contributed by atoms with van der Waals surface area (Å²) < 4.78 is 30.0. The lowest BCUT2D eigenvalue weighted by atomic mass is 9.99. The van der Waals surface area contributed by atoms with Gasteiger partial charge in [0.1, 0.15) is 6.54 Å². The smallest absolute Gasteiger partial charge is 0.322 e. The molecule has 0 saturated heterocycles. The van der Waals surface area contributed by atoms with Gasteiger partial charge in [-0.05, 0) is 74.4 Å². The largest absolute Gasteiger partial charge is 0.480 e. The molecule has 216 valence electrons. The maximum Gasteiger partial charge on any atom is 0.322 e. The van der Waals surface area contributed by atoms with Crippen LogP contribution in [0.3, 0.4) is 0 Å². The first-order chi connectivity index (χ1) is 19.4. The second-order valence-corrected chi connectivity index (χ2v) is 12.1. The molecule has 0 aliphatic carbocycles. The number of aryl methyl sites for hydroxylation is 1. The van der Waals surface area contributed by atoms with Crippen molar-refractivity contribution >= 4 is 38.5 Å². The second-order valence-electron chi connectivity index (χ2n) is 10.4. The Bertz CT molecular complexity index is 1630. The molecule has 4 rings (SSSR count). The number of aliphatic hydroxyl groups excluding tert-OH is 1. The molecule has 1 heterocycles. The Kier molecular flexibility index (Phi) is 9.11. The molecule has 0 aliphatic rings. The lowest BCUT2D eigenvalue weighted by Crippen LogP contribution is -2.42. The molecule has 1 unspecified atom stereocenters. The van der Waals surface area contributed by atoms with Crippen molar-refractivity contribution in [2.45, 2.75) is 43.4 Å². The highest BCUT2D eigenvalue weighted by Crippen LogP contribution is 2.23. The first-order valence-corrected chi connectivity index (χ1v) is 14.6. The van der Waals surface area contributed by atoms with Crippen LogP contribution < -0.4 is 15.4 Å². The Hall–Kier alpha value is -4.19. The Labute approximate surface area is 239 Å². The molecular formula is C30H34N4O6S. The molecule has 1 amide bonds. The zero-order valence-electron chi connectivity index (χ0n) is 22.9. The summed E-state index contributed by atoms with van der Waals surface area (Å²) in [4.78, 5) is 23.0. The zero-order valence-corrected chi connectivity index (χ0v) is 23.7. The minimum atomic E-state index is -3.74. The Morgan fingerprint density at radius 1 is 0.976 bits per heavy atom. The predicted octanol–water partition coefficient (Wildman–Crippen LogP) is 3.75. The van der Waals surface area contributed by atoms with Gasteiger partial charge in [-0.2, -0.15) is 0 Å². The van der Waals surface area contributed by atoms with Crippen molar-refractivity contribution in [3.05, 3.63) is 96.2 Å². The first kappa shape index (κ1) is 29.8. The van der Waals surface area contributed by atoms with Gasteiger partial charge in [0.2, 0.25) is 0 Å². The summed E-state index contributed by atoms with van der Waals surface area (Å²) in [6.45, 7) is 4.60. The minimum absolute atomic E-state index is 0.159. The van der Waals surface area contributed by atoms with Crippen LogP contribution in [0.25, 0.3) is 10.9 Å². The van der Waals surface area contributed by atoms with Crippen LogP contribution in [-0.4, -0.2) is 53.7 Å². The normalized spacial score (nSPS) is 12.7. The highest BCUT2D eigenvalue weighted by Gasteiger charge is 2.21. The number of carbonyl (C=O) groups excluding carboxylic acids is 1. The molecular weight excluding hydrogens is 544 g/mol. The number of hydrogen-bond acceptors (Lipinski definition) is 6. The zero-order chi connectivity index (χ0) is 29.6. The van der Waals surface area contributed by atoms with Crippen LogP contribution in [0.4, 0.5) is 5.69 Å². The fourth-order valence-electron chi connectivity index (χ4n) is 4.40. The van der Waals surface area contributed by atoms with Gasteiger partial charge in [0, 0.05) is 47.0 Å². The molecule has 10 nitrogen and oxygen atoms in total. The number of rotatable bonds is 13. The van der Waals surface area contributed by atoms with Gasteiger partial charge >= 0.3 is 5.97 Å². The Morgan fingerprint density at radius 3 is 2.46 bits per heavy atom. The first-order valence-electron chi connectivity index (χ1n) is 13.1. The van der Waals surface area contributed by atoms with Crippen molar-refractivity contribution in [2.24, 2.45) is 0 Å². The maximum absolute atomic E-state index is 12.7. The number of benzene rings is 3. The SMILES string of the molecule is CC(C)(CCn1ccc2cc(C(=O)NCC(=O)O)ccc21)NCC(O)c1cccc(NS(=O)(=O)c2ccccc2)c1. The number of nitrogens with zero attached hydrogens (tertiary/aromatic N) is 1. The fraction of sp³-hybridized carbons (Fsp3) is 0.267. The van der Waals surface area contributed by atoms with E-state index in [0.29, 0.717) is 23.4 Å². The monoisotopic (exact) mass is 578 g/mol. The third kappa shape index (κ3) is 7.94. The predicted molar refractivity (Wildman–Crippen MR) is 157 cm³/mol. The molecule has 41 heavy (non-hydrogen) atoms. The van der Waals surface area contributed by atoms with E-state index >= 15 is 0 Å². The summed E-state index contributed by atoms with van der Waals surface area (Å²) in [7, 11) is -3.74. The van der Waals surface area contributed by atoms with Crippen LogP contribution >= 0.6 is 0 Å². The van der Waals surface area contributed by atoms with E-state index in [-0.39, 0.29) is 17.0 Å². The van der Waals surface area contributed by atoms with Crippen LogP contribution in [0, 0.1) is 0 Å². The number of β-amino-alcohol motifs (C(OH)–C–C–N with tert-alkyl or cyclic N) is 1. The van der Waals surface area contributed by atoms with Gasteiger partial charge in [-0.15, -0.1) is 0 Å². The van der Waals surface area contributed by atoms with Gasteiger partial charge < -0.3 is 25.4 Å². The van der Waals surface area contributed by atoms with Crippen LogP contribution in [0.1, 0.15) is 42.3 Å². The van der Waals surface area contributed by atoms with E-state index in [1.165, 1.54) is 12.1 Å². The van der Waals surface area contributed by atoms with Gasteiger partial charge in [-0.1, -0.05) is 30.3 Å². The van der Waals surface area contributed by atoms with E-state index in [4.69, 9.17) is 5.11 Å². The van der Waals surface area contributed by atoms with Gasteiger partial charge in [-0.25, -0.2) is 8.42 Å². The molecule has 3 aromatic carbocycles. The summed E-state index contributed by atoms with van der Waals surface area (Å²) in [6.07, 6.45) is 1.83. The Morgan fingerprint density at radius 2 is 1.73 bits per heavy atom. The standard InChI is InChI=1S/C30H34N4O6S/c1-30(2,14-16-34-15-13-21-17-23(11-12-26(21)34)29(38)31-20-28(36)37)32-19-27(35)22-7-6-8-24(18-22)33-41(39,40)25-9-4-3-5-10-25/h3-13,15,17-18,27,32-33,35H,14,16,19-20H2,1-2H3,(H,31,38)(H,36,37). The van der Waals surface area contributed by atoms with Crippen molar-refractivity contribution in [2.75, 3.05) is 17.8 Å². The van der Waals surface area contributed by atoms with Gasteiger partial charge in [0.25, 0.3) is 15.9 Å². The third-order valence-electron chi connectivity index (χ3n) is 6.76. The molecule has 4 aromatic rings. The fourth-order valence-corrected chi connectivity index (χ4v) is 5.47. The molecule has 1 atom stereocenters. The van der Waals surface area contributed by atoms with Crippen molar-refractivity contribution in [3.8, 4) is 0 Å². The number of nitrogens with one attached hydrogen (secondary N) is 3. The summed E-state index contributed by atoms with van der Waals surface area (Å²) in [5, 5.41) is 26.2. The number of hydrogen-bond donors (Lipinski definition) is 5. The number of carboxylic acid groups (broad SMARTS) is 1. The molecule has 0 radical (unpaired) electrons. The number of aliphatic carboxylic acids is 1. The van der Waals surface area contributed by atoms with Crippen LogP contribution in [0.15, 0.2) is 90.0 Å². The minimum Gasteiger partial charge on any atom is -0.480 e. The molecule has 1 aromatic heterocycles. The summed E-state index contributed by atoms with van der Waals surface area (Å²) in [6, 6.07) is 22.0. The topological polar surface area (TPSA) is 150 Å². The molecule has 0 aliphatic heterocycles. The molecule has 11 heteroatoms. The molecule has 0 saturated carbocycles. The van der Waals surface area contributed by atoms with Gasteiger partial charge in [-0.3, -0.25) is 14.3 Å². The lowest BCUT2D eigenvalue weighted by Gasteiger charge is -2.28. The highest BCUT2D eigenvalue weighted by atomic mass is 32.2. The number of amides is 1. The van der Waals surface area contributed by atoms with E-state index in [1.54, 1.807) is 54.6 Å². The maximum atomic E-state index is 12.7. The number of carbonyl (C=O) groups is 2. The summed E-state index contributed by atoms with van der Waals surface area (Å²) in [5.74, 6) is -1.54. The summed E-state index contributed by atoms with van der Waals surface area (Å²) >= 11 is 0.